The van der Waals surface area contributed by atoms with Crippen LogP contribution in [-0.2, 0) is 0 Å². The molecule has 4 amide bonds. The first-order chi connectivity index (χ1) is 18.5. The summed E-state index contributed by atoms with van der Waals surface area (Å²) in [6.45, 7) is 0.557. The largest absolute Gasteiger partial charge is 0.457 e. The highest BCUT2D eigenvalue weighted by molar-refractivity contribution is 6.30. The van der Waals surface area contributed by atoms with E-state index in [-0.39, 0.29) is 12.2 Å². The van der Waals surface area contributed by atoms with Crippen LogP contribution in [0, 0.1) is 5.82 Å². The number of para-hydroxylation sites is 2. The molecule has 0 radical (unpaired) electrons. The van der Waals surface area contributed by atoms with Crippen molar-refractivity contribution >= 4 is 40.7 Å². The molecule has 0 saturated heterocycles. The molecule has 9 heteroatoms. The van der Waals surface area contributed by atoms with Gasteiger partial charge in [-0.25, -0.2) is 14.0 Å². The zero-order valence-electron chi connectivity index (χ0n) is 20.4. The highest BCUT2D eigenvalue weighted by atomic mass is 35.5. The van der Waals surface area contributed by atoms with E-state index < -0.39 is 17.9 Å². The van der Waals surface area contributed by atoms with Crippen molar-refractivity contribution in [1.82, 2.24) is 5.32 Å². The number of amides is 4. The molecule has 4 aromatic rings. The average molecular weight is 533 g/mol. The molecule has 0 unspecified atom stereocenters. The molecule has 4 rings (SSSR count). The van der Waals surface area contributed by atoms with Crippen molar-refractivity contribution in [3.05, 3.63) is 114 Å². The van der Waals surface area contributed by atoms with Crippen LogP contribution in [0.5, 0.6) is 11.5 Å². The fourth-order valence-corrected chi connectivity index (χ4v) is 3.78. The third-order valence-electron chi connectivity index (χ3n) is 5.41. The summed E-state index contributed by atoms with van der Waals surface area (Å²) >= 11 is 5.95. The number of hydrogen-bond donors (Lipinski definition) is 3. The molecule has 38 heavy (non-hydrogen) atoms. The normalized spacial score (nSPS) is 10.4. The highest BCUT2D eigenvalue weighted by Gasteiger charge is 2.17. The first-order valence-electron chi connectivity index (χ1n) is 11.9. The number of benzene rings is 4. The highest BCUT2D eigenvalue weighted by Crippen LogP contribution is 2.25. The molecule has 0 aromatic heterocycles. The van der Waals surface area contributed by atoms with Crippen LogP contribution in [0.3, 0.4) is 0 Å². The van der Waals surface area contributed by atoms with Crippen LogP contribution in [0.4, 0.5) is 31.0 Å². The first-order valence-corrected chi connectivity index (χ1v) is 12.3. The summed E-state index contributed by atoms with van der Waals surface area (Å²) in [5.41, 5.74) is 1.23. The Bertz CT molecular complexity index is 1370. The van der Waals surface area contributed by atoms with Gasteiger partial charge in [-0.15, -0.1) is 0 Å². The zero-order chi connectivity index (χ0) is 26.7. The second-order valence-corrected chi connectivity index (χ2v) is 8.65. The van der Waals surface area contributed by atoms with Crippen LogP contribution in [0.25, 0.3) is 0 Å². The van der Waals surface area contributed by atoms with Gasteiger partial charge in [-0.05, 0) is 73.2 Å². The number of hydrogen-bond acceptors (Lipinski definition) is 3. The molecule has 0 heterocycles. The smallest absolute Gasteiger partial charge is 0.326 e. The van der Waals surface area contributed by atoms with Gasteiger partial charge in [0.1, 0.15) is 17.3 Å². The van der Waals surface area contributed by atoms with E-state index in [4.69, 9.17) is 16.3 Å². The molecule has 0 aliphatic heterocycles. The molecule has 0 fully saturated rings. The summed E-state index contributed by atoms with van der Waals surface area (Å²) in [6.07, 6.45) is 0.440. The van der Waals surface area contributed by atoms with Crippen molar-refractivity contribution in [2.45, 2.75) is 6.42 Å². The molecular formula is C29H26ClFN4O3. The molecule has 0 saturated carbocycles. The molecule has 0 atom stereocenters. The number of carbonyl (C=O) groups excluding carboxylic acids is 2. The summed E-state index contributed by atoms with van der Waals surface area (Å²) < 4.78 is 20.0. The summed E-state index contributed by atoms with van der Waals surface area (Å²) in [7, 11) is 0. The van der Waals surface area contributed by atoms with E-state index in [1.165, 1.54) is 17.0 Å². The van der Waals surface area contributed by atoms with E-state index >= 15 is 0 Å². The molecule has 0 aliphatic rings. The summed E-state index contributed by atoms with van der Waals surface area (Å²) in [6, 6.07) is 28.2. The van der Waals surface area contributed by atoms with Gasteiger partial charge in [0.15, 0.2) is 0 Å². The SMILES string of the molecule is O=C(NCCCN(C(=O)Nc1ccccc1F)c1ccc(Oc2ccccc2)cc1)Nc1cccc(Cl)c1. The predicted molar refractivity (Wildman–Crippen MR) is 149 cm³/mol. The standard InChI is InChI=1S/C29H26ClFN4O3/c30-21-8-6-9-22(20-21)33-28(36)32-18-7-19-35(29(37)34-27-13-5-4-12-26(27)31)23-14-16-25(17-15-23)38-24-10-2-1-3-11-24/h1-6,8-17,20H,7,18-19H2,(H,34,37)(H2,32,33,36). The maximum atomic E-state index is 14.2. The average Bonchev–Trinajstić information content (AvgIpc) is 2.91. The van der Waals surface area contributed by atoms with Gasteiger partial charge in [0.25, 0.3) is 0 Å². The molecule has 3 N–H and O–H groups in total. The van der Waals surface area contributed by atoms with Crippen molar-refractivity contribution in [2.75, 3.05) is 28.6 Å². The van der Waals surface area contributed by atoms with Crippen LogP contribution in [0.1, 0.15) is 6.42 Å². The van der Waals surface area contributed by atoms with E-state index in [1.807, 2.05) is 30.3 Å². The quantitative estimate of drug-likeness (QED) is 0.195. The van der Waals surface area contributed by atoms with Crippen LogP contribution < -0.4 is 25.6 Å². The number of nitrogens with one attached hydrogen (secondary N) is 3. The van der Waals surface area contributed by atoms with Crippen molar-refractivity contribution in [2.24, 2.45) is 0 Å². The lowest BCUT2D eigenvalue weighted by Crippen LogP contribution is -2.38. The van der Waals surface area contributed by atoms with Crippen LogP contribution in [-0.4, -0.2) is 25.2 Å². The molecule has 7 nitrogen and oxygen atoms in total. The molecule has 0 bridgehead atoms. The van der Waals surface area contributed by atoms with Gasteiger partial charge in [0, 0.05) is 29.5 Å². The summed E-state index contributed by atoms with van der Waals surface area (Å²) in [5, 5.41) is 8.60. The number of ether oxygens (including phenoxy) is 1. The maximum Gasteiger partial charge on any atom is 0.326 e. The van der Waals surface area contributed by atoms with E-state index in [9.17, 15) is 14.0 Å². The fourth-order valence-electron chi connectivity index (χ4n) is 3.59. The Hall–Kier alpha value is -4.56. The minimum atomic E-state index is -0.535. The molecule has 194 valence electrons. The number of nitrogens with zero attached hydrogens (tertiary/aromatic N) is 1. The van der Waals surface area contributed by atoms with Gasteiger partial charge in [0.2, 0.25) is 0 Å². The molecule has 0 spiro atoms. The Labute approximate surface area is 225 Å². The van der Waals surface area contributed by atoms with Gasteiger partial charge < -0.3 is 20.7 Å². The Kier molecular flexibility index (Phi) is 9.15. The second kappa shape index (κ2) is 13.1. The Morgan fingerprint density at radius 3 is 2.26 bits per heavy atom. The lowest BCUT2D eigenvalue weighted by Gasteiger charge is -2.24. The fraction of sp³-hybridized carbons (Fsp3) is 0.103. The van der Waals surface area contributed by atoms with Gasteiger partial charge in [-0.2, -0.15) is 0 Å². The summed E-state index contributed by atoms with van der Waals surface area (Å²) in [5.74, 6) is 0.761. The van der Waals surface area contributed by atoms with Crippen molar-refractivity contribution < 1.29 is 18.7 Å². The van der Waals surface area contributed by atoms with E-state index in [0.717, 1.165) is 0 Å². The van der Waals surface area contributed by atoms with Crippen LogP contribution in [0.2, 0.25) is 5.02 Å². The van der Waals surface area contributed by atoms with Crippen LogP contribution >= 0.6 is 11.6 Å². The monoisotopic (exact) mass is 532 g/mol. The number of urea groups is 2. The molecule has 4 aromatic carbocycles. The lowest BCUT2D eigenvalue weighted by molar-refractivity contribution is 0.252. The Balaban J connectivity index is 1.40. The van der Waals surface area contributed by atoms with Crippen LogP contribution in [0.15, 0.2) is 103 Å². The van der Waals surface area contributed by atoms with E-state index in [1.54, 1.807) is 60.7 Å². The van der Waals surface area contributed by atoms with Crippen molar-refractivity contribution in [3.63, 3.8) is 0 Å². The number of rotatable bonds is 9. The summed E-state index contributed by atoms with van der Waals surface area (Å²) in [4.78, 5) is 26.9. The maximum absolute atomic E-state index is 14.2. The minimum Gasteiger partial charge on any atom is -0.457 e. The van der Waals surface area contributed by atoms with Gasteiger partial charge >= 0.3 is 12.1 Å². The number of halogens is 2. The molecular weight excluding hydrogens is 507 g/mol. The van der Waals surface area contributed by atoms with Crippen molar-refractivity contribution in [3.8, 4) is 11.5 Å². The van der Waals surface area contributed by atoms with E-state index in [2.05, 4.69) is 16.0 Å². The van der Waals surface area contributed by atoms with E-state index in [0.29, 0.717) is 40.9 Å². The first kappa shape index (κ1) is 26.5. The third-order valence-corrected chi connectivity index (χ3v) is 5.65. The number of carbonyl (C=O) groups is 2. The molecule has 0 aliphatic carbocycles. The van der Waals surface area contributed by atoms with Gasteiger partial charge in [-0.1, -0.05) is 48.0 Å². The van der Waals surface area contributed by atoms with Gasteiger partial charge in [0.05, 0.1) is 5.69 Å². The minimum absolute atomic E-state index is 0.0746. The lowest BCUT2D eigenvalue weighted by atomic mass is 10.2. The van der Waals surface area contributed by atoms with Crippen molar-refractivity contribution in [1.29, 1.82) is 0 Å². The zero-order valence-corrected chi connectivity index (χ0v) is 21.1. The topological polar surface area (TPSA) is 82.7 Å². The number of anilines is 3. The second-order valence-electron chi connectivity index (χ2n) is 8.22. The third kappa shape index (κ3) is 7.72. The van der Waals surface area contributed by atoms with Gasteiger partial charge in [-0.3, -0.25) is 4.90 Å². The Morgan fingerprint density at radius 1 is 0.816 bits per heavy atom. The predicted octanol–water partition coefficient (Wildman–Crippen LogP) is 7.52. The Morgan fingerprint density at radius 2 is 1.53 bits per heavy atom.